The second-order valence-electron chi connectivity index (χ2n) is 3.79. The molecule has 0 aromatic carbocycles. The summed E-state index contributed by atoms with van der Waals surface area (Å²) in [4.78, 5) is 11.9. The van der Waals surface area contributed by atoms with Crippen LogP contribution in [0.4, 0.5) is 0 Å². The average Bonchev–Trinajstić information content (AvgIpc) is 2.73. The molecular formula is C9H13BrO2. The van der Waals surface area contributed by atoms with Crippen LogP contribution in [0.3, 0.4) is 0 Å². The van der Waals surface area contributed by atoms with E-state index in [4.69, 9.17) is 4.74 Å². The fourth-order valence-corrected chi connectivity index (χ4v) is 3.87. The largest absolute Gasteiger partial charge is 0.469 e. The Bertz CT molecular complexity index is 217. The molecule has 3 unspecified atom stereocenters. The summed E-state index contributed by atoms with van der Waals surface area (Å²) in [5, 5.41) is 0. The molecule has 0 amide bonds. The third-order valence-corrected chi connectivity index (χ3v) is 4.77. The molecule has 2 fully saturated rings. The van der Waals surface area contributed by atoms with E-state index >= 15 is 0 Å². The van der Waals surface area contributed by atoms with Crippen LogP contribution >= 0.6 is 15.9 Å². The molecule has 2 aliphatic carbocycles. The number of hydrogen-bond donors (Lipinski definition) is 0. The third-order valence-electron chi connectivity index (χ3n) is 3.32. The highest BCUT2D eigenvalue weighted by atomic mass is 79.9. The van der Waals surface area contributed by atoms with Crippen molar-refractivity contribution in [2.75, 3.05) is 7.11 Å². The monoisotopic (exact) mass is 232 g/mol. The molecule has 0 spiro atoms. The van der Waals surface area contributed by atoms with Crippen molar-refractivity contribution < 1.29 is 9.53 Å². The van der Waals surface area contributed by atoms with E-state index in [1.807, 2.05) is 0 Å². The quantitative estimate of drug-likeness (QED) is 0.512. The lowest BCUT2D eigenvalue weighted by Crippen LogP contribution is -2.23. The van der Waals surface area contributed by atoms with Gasteiger partial charge in [-0.2, -0.15) is 0 Å². The first-order valence-electron chi connectivity index (χ1n) is 4.46. The van der Waals surface area contributed by atoms with E-state index < -0.39 is 0 Å². The molecule has 3 heteroatoms. The minimum absolute atomic E-state index is 0.00549. The molecule has 0 N–H and O–H groups in total. The number of carbonyl (C=O) groups excluding carboxylic acids is 1. The summed E-state index contributed by atoms with van der Waals surface area (Å²) in [6, 6.07) is 0. The van der Waals surface area contributed by atoms with Crippen molar-refractivity contribution in [1.82, 2.24) is 0 Å². The van der Waals surface area contributed by atoms with E-state index in [1.54, 1.807) is 0 Å². The number of halogens is 1. The van der Waals surface area contributed by atoms with E-state index in [0.717, 1.165) is 6.42 Å². The molecule has 68 valence electrons. The van der Waals surface area contributed by atoms with E-state index in [-0.39, 0.29) is 11.4 Å². The highest BCUT2D eigenvalue weighted by Gasteiger charge is 2.69. The molecule has 0 bridgehead atoms. The van der Waals surface area contributed by atoms with Gasteiger partial charge in [-0.15, -0.1) is 0 Å². The Hall–Kier alpha value is -0.0500. The van der Waals surface area contributed by atoms with Gasteiger partial charge in [0.25, 0.3) is 0 Å². The molecule has 2 aliphatic rings. The zero-order valence-electron chi connectivity index (χ0n) is 7.18. The van der Waals surface area contributed by atoms with E-state index in [0.29, 0.717) is 10.7 Å². The molecule has 12 heavy (non-hydrogen) atoms. The highest BCUT2D eigenvalue weighted by molar-refractivity contribution is 9.09. The van der Waals surface area contributed by atoms with Gasteiger partial charge in [-0.1, -0.05) is 28.8 Å². The van der Waals surface area contributed by atoms with Crippen molar-refractivity contribution >= 4 is 21.9 Å². The van der Waals surface area contributed by atoms with E-state index in [1.165, 1.54) is 26.4 Å². The first kappa shape index (κ1) is 8.54. The fourth-order valence-electron chi connectivity index (χ4n) is 2.53. The third kappa shape index (κ3) is 0.889. The van der Waals surface area contributed by atoms with Crippen LogP contribution in [0.5, 0.6) is 0 Å². The van der Waals surface area contributed by atoms with Gasteiger partial charge >= 0.3 is 5.97 Å². The Labute approximate surface area is 80.8 Å². The number of rotatable bonds is 1. The van der Waals surface area contributed by atoms with Gasteiger partial charge in [0.1, 0.15) is 0 Å². The SMILES string of the molecule is COC(=O)C12CCCCC1C2Br. The van der Waals surface area contributed by atoms with E-state index in [2.05, 4.69) is 15.9 Å². The molecule has 0 aliphatic heterocycles. The van der Waals surface area contributed by atoms with Crippen LogP contribution in [-0.4, -0.2) is 17.9 Å². The Balaban J connectivity index is 2.15. The minimum atomic E-state index is -0.132. The number of carbonyl (C=O) groups is 1. The molecule has 0 radical (unpaired) electrons. The molecule has 0 saturated heterocycles. The maximum Gasteiger partial charge on any atom is 0.313 e. The normalized spacial score (nSPS) is 44.8. The summed E-state index contributed by atoms with van der Waals surface area (Å²) in [6.07, 6.45) is 4.64. The second-order valence-corrected chi connectivity index (χ2v) is 4.77. The Morgan fingerprint density at radius 3 is 2.92 bits per heavy atom. The van der Waals surface area contributed by atoms with Crippen molar-refractivity contribution in [3.8, 4) is 0 Å². The lowest BCUT2D eigenvalue weighted by molar-refractivity contribution is -0.148. The second kappa shape index (κ2) is 2.72. The van der Waals surface area contributed by atoms with Gasteiger partial charge in [0.15, 0.2) is 0 Å². The summed E-state index contributed by atoms with van der Waals surface area (Å²) in [7, 11) is 1.49. The number of hydrogen-bond acceptors (Lipinski definition) is 2. The first-order valence-corrected chi connectivity index (χ1v) is 5.37. The summed E-state index contributed by atoms with van der Waals surface area (Å²) in [5.74, 6) is 0.549. The van der Waals surface area contributed by atoms with Crippen molar-refractivity contribution in [3.63, 3.8) is 0 Å². The molecular weight excluding hydrogens is 220 g/mol. The van der Waals surface area contributed by atoms with Crippen molar-refractivity contribution in [3.05, 3.63) is 0 Å². The zero-order valence-corrected chi connectivity index (χ0v) is 8.76. The van der Waals surface area contributed by atoms with Gasteiger partial charge in [-0.05, 0) is 18.8 Å². The molecule has 0 aromatic rings. The number of ether oxygens (including phenoxy) is 1. The summed E-state index contributed by atoms with van der Waals surface area (Å²) < 4.78 is 4.84. The van der Waals surface area contributed by atoms with Crippen molar-refractivity contribution in [2.24, 2.45) is 11.3 Å². The number of esters is 1. The average molecular weight is 233 g/mol. The molecule has 0 aromatic heterocycles. The Kier molecular flexibility index (Phi) is 1.94. The Morgan fingerprint density at radius 1 is 1.58 bits per heavy atom. The predicted octanol–water partition coefficient (Wildman–Crippen LogP) is 2.11. The summed E-state index contributed by atoms with van der Waals surface area (Å²) in [6.45, 7) is 0. The summed E-state index contributed by atoms with van der Waals surface area (Å²) >= 11 is 3.57. The maximum absolute atomic E-state index is 11.5. The number of methoxy groups -OCH3 is 1. The predicted molar refractivity (Wildman–Crippen MR) is 49.1 cm³/mol. The molecule has 3 atom stereocenters. The summed E-state index contributed by atoms with van der Waals surface area (Å²) in [5.41, 5.74) is -0.132. The highest BCUT2D eigenvalue weighted by Crippen LogP contribution is 2.65. The van der Waals surface area contributed by atoms with Crippen LogP contribution in [0.2, 0.25) is 0 Å². The lowest BCUT2D eigenvalue weighted by atomic mass is 9.89. The van der Waals surface area contributed by atoms with Crippen LogP contribution in [0.25, 0.3) is 0 Å². The van der Waals surface area contributed by atoms with Gasteiger partial charge in [-0.3, -0.25) is 4.79 Å². The minimum Gasteiger partial charge on any atom is -0.469 e. The van der Waals surface area contributed by atoms with Gasteiger partial charge in [0, 0.05) is 4.83 Å². The topological polar surface area (TPSA) is 26.3 Å². The van der Waals surface area contributed by atoms with Gasteiger partial charge in [0.05, 0.1) is 12.5 Å². The molecule has 0 heterocycles. The van der Waals surface area contributed by atoms with Crippen LogP contribution in [0, 0.1) is 11.3 Å². The Morgan fingerprint density at radius 2 is 2.33 bits per heavy atom. The van der Waals surface area contributed by atoms with Gasteiger partial charge in [-0.25, -0.2) is 0 Å². The standard InChI is InChI=1S/C9H13BrO2/c1-12-8(11)9-5-3-2-4-6(9)7(9)10/h6-7H,2-5H2,1H3. The number of fused-ring (bicyclic) bond motifs is 1. The van der Waals surface area contributed by atoms with Crippen molar-refractivity contribution in [2.45, 2.75) is 30.5 Å². The van der Waals surface area contributed by atoms with Crippen LogP contribution in [0.1, 0.15) is 25.7 Å². The van der Waals surface area contributed by atoms with Gasteiger partial charge < -0.3 is 4.74 Å². The smallest absolute Gasteiger partial charge is 0.313 e. The fraction of sp³-hybridized carbons (Fsp3) is 0.889. The first-order chi connectivity index (χ1) is 5.73. The van der Waals surface area contributed by atoms with Crippen molar-refractivity contribution in [1.29, 1.82) is 0 Å². The van der Waals surface area contributed by atoms with Crippen LogP contribution in [0.15, 0.2) is 0 Å². The number of alkyl halides is 1. The van der Waals surface area contributed by atoms with Gasteiger partial charge in [0.2, 0.25) is 0 Å². The van der Waals surface area contributed by atoms with Crippen LogP contribution in [-0.2, 0) is 9.53 Å². The maximum atomic E-state index is 11.5. The zero-order chi connectivity index (χ0) is 8.77. The lowest BCUT2D eigenvalue weighted by Gasteiger charge is -2.18. The van der Waals surface area contributed by atoms with Crippen LogP contribution < -0.4 is 0 Å². The molecule has 2 saturated carbocycles. The molecule has 2 rings (SSSR count). The van der Waals surface area contributed by atoms with E-state index in [9.17, 15) is 4.79 Å². The molecule has 2 nitrogen and oxygen atoms in total.